The molecule has 1 aromatic carbocycles. The van der Waals surface area contributed by atoms with Gasteiger partial charge in [0.2, 0.25) is 0 Å². The van der Waals surface area contributed by atoms with Crippen LogP contribution in [0.5, 0.6) is 0 Å². The zero-order valence-corrected chi connectivity index (χ0v) is 13.4. The van der Waals surface area contributed by atoms with Crippen molar-refractivity contribution in [3.63, 3.8) is 0 Å². The van der Waals surface area contributed by atoms with E-state index >= 15 is 0 Å². The maximum atomic E-state index is 13.7. The number of hydrogen-bond donors (Lipinski definition) is 1. The van der Waals surface area contributed by atoms with E-state index in [1.54, 1.807) is 12.1 Å². The van der Waals surface area contributed by atoms with Gasteiger partial charge in [-0.25, -0.2) is 4.39 Å². The molecule has 0 spiro atoms. The molecule has 3 heteroatoms. The van der Waals surface area contributed by atoms with E-state index in [0.29, 0.717) is 11.6 Å². The van der Waals surface area contributed by atoms with E-state index in [0.717, 1.165) is 18.9 Å². The largest absolute Gasteiger partial charge is 0.324 e. The first kappa shape index (κ1) is 16.4. The van der Waals surface area contributed by atoms with Crippen molar-refractivity contribution in [3.8, 4) is 0 Å². The fourth-order valence-electron chi connectivity index (χ4n) is 3.45. The van der Waals surface area contributed by atoms with Crippen molar-refractivity contribution >= 4 is 0 Å². The molecule has 0 aliphatic heterocycles. The quantitative estimate of drug-likeness (QED) is 0.854. The maximum Gasteiger partial charge on any atom is 0.127 e. The molecule has 0 aromatic heterocycles. The van der Waals surface area contributed by atoms with Crippen molar-refractivity contribution in [2.75, 3.05) is 13.6 Å². The third kappa shape index (κ3) is 4.52. The average molecular weight is 292 g/mol. The SMILES string of the molecule is CCC1CCC(N(C)CCC(N)c2ccccc2F)CC1. The van der Waals surface area contributed by atoms with Crippen molar-refractivity contribution in [1.29, 1.82) is 0 Å². The molecule has 0 bridgehead atoms. The highest BCUT2D eigenvalue weighted by Crippen LogP contribution is 2.29. The minimum Gasteiger partial charge on any atom is -0.324 e. The highest BCUT2D eigenvalue weighted by Gasteiger charge is 2.23. The second-order valence-electron chi connectivity index (χ2n) is 6.48. The molecular weight excluding hydrogens is 263 g/mol. The van der Waals surface area contributed by atoms with Gasteiger partial charge in [0.25, 0.3) is 0 Å². The summed E-state index contributed by atoms with van der Waals surface area (Å²) in [7, 11) is 2.19. The Labute approximate surface area is 128 Å². The lowest BCUT2D eigenvalue weighted by Gasteiger charge is -2.35. The first-order chi connectivity index (χ1) is 10.1. The molecule has 1 atom stereocenters. The van der Waals surface area contributed by atoms with Gasteiger partial charge >= 0.3 is 0 Å². The Morgan fingerprint density at radius 1 is 1.24 bits per heavy atom. The maximum absolute atomic E-state index is 13.7. The van der Waals surface area contributed by atoms with Gasteiger partial charge in [-0.1, -0.05) is 31.5 Å². The van der Waals surface area contributed by atoms with Gasteiger partial charge in [0.15, 0.2) is 0 Å². The van der Waals surface area contributed by atoms with Gasteiger partial charge in [-0.05, 0) is 57.7 Å². The zero-order valence-electron chi connectivity index (χ0n) is 13.4. The van der Waals surface area contributed by atoms with Gasteiger partial charge in [-0.3, -0.25) is 0 Å². The van der Waals surface area contributed by atoms with Crippen LogP contribution in [0.2, 0.25) is 0 Å². The van der Waals surface area contributed by atoms with Crippen molar-refractivity contribution < 1.29 is 4.39 Å². The van der Waals surface area contributed by atoms with Crippen LogP contribution in [0.4, 0.5) is 4.39 Å². The molecule has 1 saturated carbocycles. The fraction of sp³-hybridized carbons (Fsp3) is 0.667. The van der Waals surface area contributed by atoms with E-state index < -0.39 is 0 Å². The lowest BCUT2D eigenvalue weighted by Crippen LogP contribution is -2.36. The number of hydrogen-bond acceptors (Lipinski definition) is 2. The first-order valence-corrected chi connectivity index (χ1v) is 8.32. The number of halogens is 1. The van der Waals surface area contributed by atoms with Crippen molar-refractivity contribution in [3.05, 3.63) is 35.6 Å². The smallest absolute Gasteiger partial charge is 0.127 e. The van der Waals surface area contributed by atoms with Crippen LogP contribution in [0.3, 0.4) is 0 Å². The van der Waals surface area contributed by atoms with Crippen LogP contribution in [0.15, 0.2) is 24.3 Å². The van der Waals surface area contributed by atoms with Crippen LogP contribution in [0.25, 0.3) is 0 Å². The van der Waals surface area contributed by atoms with Gasteiger partial charge < -0.3 is 10.6 Å². The number of benzene rings is 1. The molecule has 0 amide bonds. The molecule has 0 radical (unpaired) electrons. The Morgan fingerprint density at radius 2 is 1.90 bits per heavy atom. The summed E-state index contributed by atoms with van der Waals surface area (Å²) in [5.74, 6) is 0.742. The lowest BCUT2D eigenvalue weighted by molar-refractivity contribution is 0.159. The van der Waals surface area contributed by atoms with Gasteiger partial charge in [0, 0.05) is 17.6 Å². The second-order valence-corrected chi connectivity index (χ2v) is 6.48. The van der Waals surface area contributed by atoms with Gasteiger partial charge in [-0.2, -0.15) is 0 Å². The Balaban J connectivity index is 1.79. The molecule has 2 rings (SSSR count). The van der Waals surface area contributed by atoms with Crippen LogP contribution in [0, 0.1) is 11.7 Å². The molecule has 2 nitrogen and oxygen atoms in total. The van der Waals surface area contributed by atoms with Gasteiger partial charge in [-0.15, -0.1) is 0 Å². The van der Waals surface area contributed by atoms with Gasteiger partial charge in [0.05, 0.1) is 0 Å². The van der Waals surface area contributed by atoms with E-state index in [2.05, 4.69) is 18.9 Å². The number of nitrogens with two attached hydrogens (primary N) is 1. The van der Waals surface area contributed by atoms with E-state index in [9.17, 15) is 4.39 Å². The third-order valence-electron chi connectivity index (χ3n) is 5.11. The molecule has 1 aliphatic rings. The molecule has 1 aromatic rings. The van der Waals surface area contributed by atoms with Gasteiger partial charge in [0.1, 0.15) is 5.82 Å². The van der Waals surface area contributed by atoms with E-state index in [-0.39, 0.29) is 11.9 Å². The highest BCUT2D eigenvalue weighted by atomic mass is 19.1. The summed E-state index contributed by atoms with van der Waals surface area (Å²) in [6, 6.07) is 7.33. The molecule has 118 valence electrons. The summed E-state index contributed by atoms with van der Waals surface area (Å²) < 4.78 is 13.7. The van der Waals surface area contributed by atoms with Crippen LogP contribution >= 0.6 is 0 Å². The van der Waals surface area contributed by atoms with Crippen molar-refractivity contribution in [1.82, 2.24) is 4.90 Å². The summed E-state index contributed by atoms with van der Waals surface area (Å²) in [5, 5.41) is 0. The fourth-order valence-corrected chi connectivity index (χ4v) is 3.45. The van der Waals surface area contributed by atoms with E-state index in [1.165, 1.54) is 38.2 Å². The minimum atomic E-state index is -0.208. The average Bonchev–Trinajstić information content (AvgIpc) is 2.52. The Kier molecular flexibility index (Phi) is 6.19. The molecule has 21 heavy (non-hydrogen) atoms. The number of rotatable bonds is 6. The molecule has 0 heterocycles. The summed E-state index contributed by atoms with van der Waals surface area (Å²) >= 11 is 0. The minimum absolute atomic E-state index is 0.184. The molecule has 0 saturated heterocycles. The van der Waals surface area contributed by atoms with Crippen LogP contribution in [-0.4, -0.2) is 24.5 Å². The third-order valence-corrected chi connectivity index (χ3v) is 5.11. The Bertz CT molecular complexity index is 427. The molecule has 1 unspecified atom stereocenters. The normalized spacial score (nSPS) is 24.2. The standard InChI is InChI=1S/C18H29FN2/c1-3-14-8-10-15(11-9-14)21(2)13-12-18(20)16-6-4-5-7-17(16)19/h4-7,14-15,18H,3,8-13,20H2,1-2H3. The first-order valence-electron chi connectivity index (χ1n) is 8.32. The second kappa shape index (κ2) is 7.90. The van der Waals surface area contributed by atoms with Crippen LogP contribution in [0.1, 0.15) is 57.1 Å². The van der Waals surface area contributed by atoms with E-state index in [4.69, 9.17) is 5.73 Å². The monoisotopic (exact) mass is 292 g/mol. The topological polar surface area (TPSA) is 29.3 Å². The Morgan fingerprint density at radius 3 is 2.52 bits per heavy atom. The van der Waals surface area contributed by atoms with E-state index in [1.807, 2.05) is 6.07 Å². The van der Waals surface area contributed by atoms with Crippen molar-refractivity contribution in [2.24, 2.45) is 11.7 Å². The molecule has 2 N–H and O–H groups in total. The van der Waals surface area contributed by atoms with Crippen LogP contribution in [-0.2, 0) is 0 Å². The molecule has 1 aliphatic carbocycles. The number of nitrogens with zero attached hydrogens (tertiary/aromatic N) is 1. The molecule has 1 fully saturated rings. The zero-order chi connectivity index (χ0) is 15.2. The van der Waals surface area contributed by atoms with Crippen molar-refractivity contribution in [2.45, 2.75) is 57.5 Å². The van der Waals surface area contributed by atoms with Crippen LogP contribution < -0.4 is 5.73 Å². The lowest BCUT2D eigenvalue weighted by atomic mass is 9.84. The molecular formula is C18H29FN2. The summed E-state index contributed by atoms with van der Waals surface area (Å²) in [6.07, 6.45) is 7.42. The predicted octanol–water partition coefficient (Wildman–Crippen LogP) is 4.12. The highest BCUT2D eigenvalue weighted by molar-refractivity contribution is 5.20. The summed E-state index contributed by atoms with van der Waals surface area (Å²) in [6.45, 7) is 3.24. The summed E-state index contributed by atoms with van der Waals surface area (Å²) in [4.78, 5) is 2.42. The Hall–Kier alpha value is -0.930. The summed E-state index contributed by atoms with van der Waals surface area (Å²) in [5.41, 5.74) is 6.79. The predicted molar refractivity (Wildman–Crippen MR) is 86.6 cm³/mol.